The quantitative estimate of drug-likeness (QED) is 0.834. The van der Waals surface area contributed by atoms with E-state index >= 15 is 0 Å². The predicted molar refractivity (Wildman–Crippen MR) is 89.7 cm³/mol. The molecule has 0 unspecified atom stereocenters. The van der Waals surface area contributed by atoms with Gasteiger partial charge in [0.2, 0.25) is 5.91 Å². The van der Waals surface area contributed by atoms with Crippen LogP contribution in [0.5, 0.6) is 0 Å². The number of piperidine rings is 1. The van der Waals surface area contributed by atoms with E-state index in [0.29, 0.717) is 12.3 Å². The van der Waals surface area contributed by atoms with E-state index in [9.17, 15) is 4.79 Å². The molecule has 0 bridgehead atoms. The van der Waals surface area contributed by atoms with Crippen molar-refractivity contribution in [2.75, 3.05) is 32.7 Å². The third-order valence-electron chi connectivity index (χ3n) is 5.15. The van der Waals surface area contributed by atoms with Crippen molar-refractivity contribution in [2.24, 2.45) is 5.92 Å². The molecule has 0 saturated carbocycles. The lowest BCUT2D eigenvalue weighted by Crippen LogP contribution is -2.41. The van der Waals surface area contributed by atoms with E-state index in [0.717, 1.165) is 25.4 Å². The molecule has 0 aliphatic carbocycles. The van der Waals surface area contributed by atoms with E-state index in [2.05, 4.69) is 21.9 Å². The molecule has 2 aliphatic rings. The van der Waals surface area contributed by atoms with E-state index in [-0.39, 0.29) is 0 Å². The van der Waals surface area contributed by atoms with Gasteiger partial charge in [0, 0.05) is 26.1 Å². The van der Waals surface area contributed by atoms with Crippen LogP contribution in [0.2, 0.25) is 0 Å². The summed E-state index contributed by atoms with van der Waals surface area (Å²) in [6.07, 6.45) is 6.64. The Kier molecular flexibility index (Phi) is 5.49. The Morgan fingerprint density at radius 3 is 2.36 bits per heavy atom. The van der Waals surface area contributed by atoms with Crippen LogP contribution in [0.25, 0.3) is 0 Å². The van der Waals surface area contributed by atoms with Gasteiger partial charge in [-0.3, -0.25) is 4.79 Å². The molecule has 0 aromatic heterocycles. The summed E-state index contributed by atoms with van der Waals surface area (Å²) in [5, 5.41) is 0. The SMILES string of the molecule is O=C(CCc1ccccc1)N1CCC(CN2CCCC2)CC1. The van der Waals surface area contributed by atoms with Crippen LogP contribution in [0.1, 0.15) is 37.7 Å². The molecule has 120 valence electrons. The first kappa shape index (κ1) is 15.5. The Morgan fingerprint density at radius 1 is 1.00 bits per heavy atom. The van der Waals surface area contributed by atoms with Crippen LogP contribution in [-0.4, -0.2) is 48.4 Å². The highest BCUT2D eigenvalue weighted by Gasteiger charge is 2.24. The first-order valence-corrected chi connectivity index (χ1v) is 8.85. The first-order chi connectivity index (χ1) is 10.8. The van der Waals surface area contributed by atoms with Crippen molar-refractivity contribution in [3.63, 3.8) is 0 Å². The summed E-state index contributed by atoms with van der Waals surface area (Å²) >= 11 is 0. The molecule has 0 N–H and O–H groups in total. The average Bonchev–Trinajstić information content (AvgIpc) is 3.07. The largest absolute Gasteiger partial charge is 0.343 e. The van der Waals surface area contributed by atoms with Crippen LogP contribution in [0.3, 0.4) is 0 Å². The monoisotopic (exact) mass is 300 g/mol. The first-order valence-electron chi connectivity index (χ1n) is 8.85. The van der Waals surface area contributed by atoms with Gasteiger partial charge in [0.1, 0.15) is 0 Å². The molecule has 0 radical (unpaired) electrons. The van der Waals surface area contributed by atoms with Gasteiger partial charge in [0.05, 0.1) is 0 Å². The van der Waals surface area contributed by atoms with Crippen LogP contribution in [-0.2, 0) is 11.2 Å². The smallest absolute Gasteiger partial charge is 0.222 e. The minimum atomic E-state index is 0.337. The molecule has 22 heavy (non-hydrogen) atoms. The second kappa shape index (κ2) is 7.77. The molecule has 3 heteroatoms. The Hall–Kier alpha value is -1.35. The maximum atomic E-state index is 12.3. The molecule has 0 atom stereocenters. The van der Waals surface area contributed by atoms with Crippen molar-refractivity contribution < 1.29 is 4.79 Å². The number of carbonyl (C=O) groups is 1. The zero-order chi connectivity index (χ0) is 15.2. The van der Waals surface area contributed by atoms with Crippen molar-refractivity contribution in [2.45, 2.75) is 38.5 Å². The number of benzene rings is 1. The summed E-state index contributed by atoms with van der Waals surface area (Å²) in [4.78, 5) is 17.0. The van der Waals surface area contributed by atoms with Gasteiger partial charge in [-0.25, -0.2) is 0 Å². The van der Waals surface area contributed by atoms with Gasteiger partial charge < -0.3 is 9.80 Å². The fourth-order valence-electron chi connectivity index (χ4n) is 3.75. The summed E-state index contributed by atoms with van der Waals surface area (Å²) < 4.78 is 0. The minimum Gasteiger partial charge on any atom is -0.343 e. The molecular formula is C19H28N2O. The average molecular weight is 300 g/mol. The van der Waals surface area contributed by atoms with Gasteiger partial charge in [-0.05, 0) is 56.7 Å². The molecule has 0 spiro atoms. The number of rotatable bonds is 5. The number of hydrogen-bond acceptors (Lipinski definition) is 2. The van der Waals surface area contributed by atoms with Crippen LogP contribution in [0.15, 0.2) is 30.3 Å². The molecule has 2 heterocycles. The van der Waals surface area contributed by atoms with Gasteiger partial charge in [0.25, 0.3) is 0 Å². The summed E-state index contributed by atoms with van der Waals surface area (Å²) in [5.41, 5.74) is 1.26. The molecule has 3 nitrogen and oxygen atoms in total. The molecule has 2 aliphatic heterocycles. The number of hydrogen-bond donors (Lipinski definition) is 0. The Balaban J connectivity index is 1.38. The lowest BCUT2D eigenvalue weighted by atomic mass is 9.96. The van der Waals surface area contributed by atoms with E-state index in [1.165, 1.54) is 50.9 Å². The lowest BCUT2D eigenvalue weighted by Gasteiger charge is -2.34. The van der Waals surface area contributed by atoms with Gasteiger partial charge in [-0.15, -0.1) is 0 Å². The second-order valence-corrected chi connectivity index (χ2v) is 6.82. The normalized spacial score (nSPS) is 20.5. The van der Waals surface area contributed by atoms with Crippen LogP contribution in [0, 0.1) is 5.92 Å². The van der Waals surface area contributed by atoms with Gasteiger partial charge in [-0.2, -0.15) is 0 Å². The highest BCUT2D eigenvalue weighted by Crippen LogP contribution is 2.21. The van der Waals surface area contributed by atoms with Crippen molar-refractivity contribution in [3.05, 3.63) is 35.9 Å². The molecule has 1 amide bonds. The number of likely N-dealkylation sites (tertiary alicyclic amines) is 2. The molecule has 2 fully saturated rings. The minimum absolute atomic E-state index is 0.337. The topological polar surface area (TPSA) is 23.6 Å². The number of aryl methyl sites for hydroxylation is 1. The highest BCUT2D eigenvalue weighted by molar-refractivity contribution is 5.76. The van der Waals surface area contributed by atoms with E-state index in [1.807, 2.05) is 18.2 Å². The number of amides is 1. The van der Waals surface area contributed by atoms with Crippen LogP contribution in [0.4, 0.5) is 0 Å². The predicted octanol–water partition coefficient (Wildman–Crippen LogP) is 2.95. The third-order valence-corrected chi connectivity index (χ3v) is 5.15. The van der Waals surface area contributed by atoms with Crippen molar-refractivity contribution >= 4 is 5.91 Å². The third kappa shape index (κ3) is 4.33. The second-order valence-electron chi connectivity index (χ2n) is 6.82. The van der Waals surface area contributed by atoms with E-state index in [1.54, 1.807) is 0 Å². The van der Waals surface area contributed by atoms with E-state index < -0.39 is 0 Å². The summed E-state index contributed by atoms with van der Waals surface area (Å²) in [5.74, 6) is 1.14. The van der Waals surface area contributed by atoms with E-state index in [4.69, 9.17) is 0 Å². The van der Waals surface area contributed by atoms with Crippen molar-refractivity contribution in [3.8, 4) is 0 Å². The Morgan fingerprint density at radius 2 is 1.68 bits per heavy atom. The number of carbonyl (C=O) groups excluding carboxylic acids is 1. The van der Waals surface area contributed by atoms with Crippen LogP contribution >= 0.6 is 0 Å². The van der Waals surface area contributed by atoms with Crippen molar-refractivity contribution in [1.82, 2.24) is 9.80 Å². The van der Waals surface area contributed by atoms with Gasteiger partial charge in [-0.1, -0.05) is 30.3 Å². The standard InChI is InChI=1S/C19H28N2O/c22-19(9-8-17-6-2-1-3-7-17)21-14-10-18(11-15-21)16-20-12-4-5-13-20/h1-3,6-7,18H,4-5,8-16H2. The zero-order valence-electron chi connectivity index (χ0n) is 13.5. The zero-order valence-corrected chi connectivity index (χ0v) is 13.5. The molecular weight excluding hydrogens is 272 g/mol. The highest BCUT2D eigenvalue weighted by atomic mass is 16.2. The molecule has 2 saturated heterocycles. The molecule has 3 rings (SSSR count). The molecule has 1 aromatic rings. The van der Waals surface area contributed by atoms with Gasteiger partial charge in [0.15, 0.2) is 0 Å². The summed E-state index contributed by atoms with van der Waals surface area (Å²) in [6, 6.07) is 10.3. The molecule has 1 aromatic carbocycles. The Labute approximate surface area is 134 Å². The maximum absolute atomic E-state index is 12.3. The number of nitrogens with zero attached hydrogens (tertiary/aromatic N) is 2. The van der Waals surface area contributed by atoms with Crippen LogP contribution < -0.4 is 0 Å². The fraction of sp³-hybridized carbons (Fsp3) is 0.632. The van der Waals surface area contributed by atoms with Gasteiger partial charge >= 0.3 is 0 Å². The fourth-order valence-corrected chi connectivity index (χ4v) is 3.75. The maximum Gasteiger partial charge on any atom is 0.222 e. The summed E-state index contributed by atoms with van der Waals surface area (Å²) in [7, 11) is 0. The summed E-state index contributed by atoms with van der Waals surface area (Å²) in [6.45, 7) is 5.76. The van der Waals surface area contributed by atoms with Crippen molar-refractivity contribution in [1.29, 1.82) is 0 Å². The lowest BCUT2D eigenvalue weighted by molar-refractivity contribution is -0.132. The Bertz CT molecular complexity index is 460.